The maximum atomic E-state index is 13.6. The van der Waals surface area contributed by atoms with Gasteiger partial charge in [0.1, 0.15) is 5.82 Å². The lowest BCUT2D eigenvalue weighted by Crippen LogP contribution is -2.12. The van der Waals surface area contributed by atoms with Crippen LogP contribution in [-0.4, -0.2) is 9.97 Å². The number of hydrogen-bond donors (Lipinski definition) is 0. The molecule has 24 heavy (non-hydrogen) atoms. The number of halogens is 2. The van der Waals surface area contributed by atoms with E-state index in [4.69, 9.17) is 11.6 Å². The fraction of sp³-hybridized carbons (Fsp3) is 0.400. The Labute approximate surface area is 147 Å². The molecular weight excluding hydrogens is 323 g/mol. The maximum absolute atomic E-state index is 13.6. The van der Waals surface area contributed by atoms with Gasteiger partial charge in [-0.25, -0.2) is 14.4 Å². The molecular formula is C20H22ClFN2. The molecule has 1 aliphatic carbocycles. The van der Waals surface area contributed by atoms with Gasteiger partial charge in [-0.2, -0.15) is 0 Å². The molecule has 1 aliphatic rings. The molecule has 0 spiro atoms. The van der Waals surface area contributed by atoms with Gasteiger partial charge in [0, 0.05) is 18.0 Å². The van der Waals surface area contributed by atoms with Crippen molar-refractivity contribution < 1.29 is 4.39 Å². The van der Waals surface area contributed by atoms with Crippen LogP contribution in [0.4, 0.5) is 4.39 Å². The fourth-order valence-electron chi connectivity index (χ4n) is 3.31. The largest absolute Gasteiger partial charge is 0.236 e. The number of rotatable bonds is 4. The Hall–Kier alpha value is -1.74. The lowest BCUT2D eigenvalue weighted by atomic mass is 9.79. The van der Waals surface area contributed by atoms with Gasteiger partial charge in [0.2, 0.25) is 0 Å². The summed E-state index contributed by atoms with van der Waals surface area (Å²) in [7, 11) is 0. The zero-order valence-electron chi connectivity index (χ0n) is 13.9. The third-order valence-corrected chi connectivity index (χ3v) is 5.04. The second kappa shape index (κ2) is 7.89. The van der Waals surface area contributed by atoms with Crippen molar-refractivity contribution in [2.75, 3.05) is 0 Å². The summed E-state index contributed by atoms with van der Waals surface area (Å²) in [5, 5.41) is 0.115. The van der Waals surface area contributed by atoms with E-state index in [0.717, 1.165) is 12.3 Å². The van der Waals surface area contributed by atoms with Crippen molar-refractivity contribution in [2.45, 2.75) is 44.9 Å². The molecule has 0 aliphatic heterocycles. The molecule has 0 bridgehead atoms. The lowest BCUT2D eigenvalue weighted by molar-refractivity contribution is 0.374. The van der Waals surface area contributed by atoms with E-state index in [1.165, 1.54) is 43.4 Å². The van der Waals surface area contributed by atoms with Crippen LogP contribution in [0, 0.1) is 11.7 Å². The minimum atomic E-state index is -0.444. The van der Waals surface area contributed by atoms with Crippen molar-refractivity contribution in [1.29, 1.82) is 0 Å². The topological polar surface area (TPSA) is 25.8 Å². The number of allylic oxidation sites excluding steroid dienone is 2. The first-order chi connectivity index (χ1) is 11.7. The molecule has 0 N–H and O–H groups in total. The number of nitrogens with zero attached hydrogens (tertiary/aromatic N) is 2. The summed E-state index contributed by atoms with van der Waals surface area (Å²) in [4.78, 5) is 8.86. The minimum absolute atomic E-state index is 0.115. The summed E-state index contributed by atoms with van der Waals surface area (Å²) in [6.07, 6.45) is 14.3. The van der Waals surface area contributed by atoms with Gasteiger partial charge in [-0.3, -0.25) is 0 Å². The summed E-state index contributed by atoms with van der Waals surface area (Å²) in [5.41, 5.74) is 1.84. The maximum Gasteiger partial charge on any atom is 0.159 e. The first kappa shape index (κ1) is 17.1. The predicted molar refractivity (Wildman–Crippen MR) is 96.6 cm³/mol. The predicted octanol–water partition coefficient (Wildman–Crippen LogP) is 6.18. The second-order valence-electron chi connectivity index (χ2n) is 6.42. The van der Waals surface area contributed by atoms with E-state index in [0.29, 0.717) is 17.3 Å². The Kier molecular flexibility index (Phi) is 5.62. The van der Waals surface area contributed by atoms with Crippen molar-refractivity contribution in [3.63, 3.8) is 0 Å². The van der Waals surface area contributed by atoms with Crippen LogP contribution in [0.3, 0.4) is 0 Å². The van der Waals surface area contributed by atoms with Crippen LogP contribution < -0.4 is 0 Å². The smallest absolute Gasteiger partial charge is 0.159 e. The highest BCUT2D eigenvalue weighted by atomic mass is 35.5. The van der Waals surface area contributed by atoms with Crippen LogP contribution >= 0.6 is 11.6 Å². The van der Waals surface area contributed by atoms with Crippen LogP contribution in [0.5, 0.6) is 0 Å². The van der Waals surface area contributed by atoms with E-state index >= 15 is 0 Å². The third kappa shape index (κ3) is 4.02. The van der Waals surface area contributed by atoms with Gasteiger partial charge in [0.25, 0.3) is 0 Å². The Bertz CT molecular complexity index is 704. The third-order valence-electron chi connectivity index (χ3n) is 4.74. The van der Waals surface area contributed by atoms with Crippen molar-refractivity contribution in [3.8, 4) is 11.4 Å². The molecule has 4 heteroatoms. The molecule has 0 radical (unpaired) electrons. The van der Waals surface area contributed by atoms with Crippen molar-refractivity contribution >= 4 is 11.6 Å². The Morgan fingerprint density at radius 2 is 1.88 bits per heavy atom. The van der Waals surface area contributed by atoms with Crippen molar-refractivity contribution in [2.24, 2.45) is 5.92 Å². The van der Waals surface area contributed by atoms with Gasteiger partial charge in [-0.1, -0.05) is 30.7 Å². The second-order valence-corrected chi connectivity index (χ2v) is 6.82. The number of hydrogen-bond acceptors (Lipinski definition) is 2. The van der Waals surface area contributed by atoms with Crippen LogP contribution in [-0.2, 0) is 0 Å². The van der Waals surface area contributed by atoms with E-state index in [9.17, 15) is 4.39 Å². The zero-order valence-corrected chi connectivity index (χ0v) is 14.6. The molecule has 3 rings (SSSR count). The van der Waals surface area contributed by atoms with E-state index in [1.807, 2.05) is 12.4 Å². The van der Waals surface area contributed by atoms with Crippen LogP contribution in [0.15, 0.2) is 42.7 Å². The molecule has 1 saturated carbocycles. The summed E-state index contributed by atoms with van der Waals surface area (Å²) in [6.45, 7) is 2.17. The Morgan fingerprint density at radius 3 is 2.50 bits per heavy atom. The normalized spacial score (nSPS) is 21.3. The molecule has 1 heterocycles. The highest BCUT2D eigenvalue weighted by molar-refractivity contribution is 6.30. The average molecular weight is 345 g/mol. The standard InChI is InChI=1S/C20H22ClFN2/c1-2-3-4-14-5-7-15(8-6-14)17-12-23-20(24-13-17)16-9-10-18(21)19(22)11-16/h3-4,9-15H,2,5-8H2,1H3/t14-,15-. The summed E-state index contributed by atoms with van der Waals surface area (Å²) in [6, 6.07) is 4.66. The van der Waals surface area contributed by atoms with E-state index in [-0.39, 0.29) is 5.02 Å². The van der Waals surface area contributed by atoms with E-state index < -0.39 is 5.82 Å². The monoisotopic (exact) mass is 344 g/mol. The molecule has 0 atom stereocenters. The first-order valence-corrected chi connectivity index (χ1v) is 8.99. The van der Waals surface area contributed by atoms with Gasteiger partial charge in [-0.15, -0.1) is 0 Å². The molecule has 126 valence electrons. The van der Waals surface area contributed by atoms with Crippen LogP contribution in [0.25, 0.3) is 11.4 Å². The van der Waals surface area contributed by atoms with E-state index in [2.05, 4.69) is 29.0 Å². The van der Waals surface area contributed by atoms with Gasteiger partial charge in [0.15, 0.2) is 5.82 Å². The lowest BCUT2D eigenvalue weighted by Gasteiger charge is -2.26. The summed E-state index contributed by atoms with van der Waals surface area (Å²) in [5.74, 6) is 1.35. The zero-order chi connectivity index (χ0) is 16.9. The van der Waals surface area contributed by atoms with Crippen LogP contribution in [0.1, 0.15) is 50.5 Å². The minimum Gasteiger partial charge on any atom is -0.236 e. The Balaban J connectivity index is 1.67. The molecule has 1 fully saturated rings. The molecule has 1 aromatic carbocycles. The van der Waals surface area contributed by atoms with Crippen molar-refractivity contribution in [3.05, 3.63) is 59.1 Å². The van der Waals surface area contributed by atoms with Crippen LogP contribution in [0.2, 0.25) is 5.02 Å². The summed E-state index contributed by atoms with van der Waals surface area (Å²) >= 11 is 5.72. The fourth-order valence-corrected chi connectivity index (χ4v) is 3.42. The van der Waals surface area contributed by atoms with Gasteiger partial charge < -0.3 is 0 Å². The van der Waals surface area contributed by atoms with E-state index in [1.54, 1.807) is 6.07 Å². The molecule has 2 aromatic rings. The molecule has 0 unspecified atom stereocenters. The van der Waals surface area contributed by atoms with Gasteiger partial charge >= 0.3 is 0 Å². The quantitative estimate of drug-likeness (QED) is 0.619. The SMILES string of the molecule is CCC=C[C@H]1CC[C@H](c2cnc(-c3ccc(Cl)c(F)c3)nc2)CC1. The van der Waals surface area contributed by atoms with Crippen molar-refractivity contribution in [1.82, 2.24) is 9.97 Å². The molecule has 0 saturated heterocycles. The summed E-state index contributed by atoms with van der Waals surface area (Å²) < 4.78 is 13.6. The van der Waals surface area contributed by atoms with Gasteiger partial charge in [-0.05, 0) is 67.7 Å². The number of benzene rings is 1. The van der Waals surface area contributed by atoms with Gasteiger partial charge in [0.05, 0.1) is 5.02 Å². The number of aromatic nitrogens is 2. The Morgan fingerprint density at radius 1 is 1.17 bits per heavy atom. The first-order valence-electron chi connectivity index (χ1n) is 8.61. The highest BCUT2D eigenvalue weighted by Crippen LogP contribution is 2.36. The average Bonchev–Trinajstić information content (AvgIpc) is 2.63. The molecule has 1 aromatic heterocycles. The molecule has 0 amide bonds. The molecule has 2 nitrogen and oxygen atoms in total. The highest BCUT2D eigenvalue weighted by Gasteiger charge is 2.21.